The van der Waals surface area contributed by atoms with Crippen LogP contribution in [0.15, 0.2) is 107 Å². The minimum atomic E-state index is -1.67. The van der Waals surface area contributed by atoms with Crippen LogP contribution in [0.1, 0.15) is 131 Å². The first-order chi connectivity index (χ1) is 65.2. The second kappa shape index (κ2) is 40.1. The van der Waals surface area contributed by atoms with Crippen molar-refractivity contribution in [1.29, 1.82) is 15.8 Å². The number of fused-ring (bicyclic) bond motifs is 3. The third kappa shape index (κ3) is 17.6. The predicted molar refractivity (Wildman–Crippen MR) is 516 cm³/mol. The number of aryl methyl sites for hydroxylation is 3. The molecule has 3 amide bonds. The van der Waals surface area contributed by atoms with Crippen molar-refractivity contribution in [1.82, 2.24) is 58.3 Å². The van der Waals surface area contributed by atoms with Gasteiger partial charge in [0.1, 0.15) is 78.9 Å². The van der Waals surface area contributed by atoms with E-state index < -0.39 is 135 Å². The molecular formula is C96H84Cl6F9N21O6. The fraction of sp³-hybridized carbons (Fsp3) is 0.281. The van der Waals surface area contributed by atoms with E-state index in [1.807, 2.05) is 80.5 Å². The summed E-state index contributed by atoms with van der Waals surface area (Å²) in [5, 5.41) is 28.0. The molecule has 0 bridgehead atoms. The van der Waals surface area contributed by atoms with Crippen LogP contribution in [0.2, 0.25) is 30.1 Å². The van der Waals surface area contributed by atoms with Gasteiger partial charge < -0.3 is 46.6 Å². The molecule has 42 heteroatoms. The Balaban J connectivity index is 0.000000175. The Labute approximate surface area is 813 Å². The standard InChI is InChI=1S/3C32H28Cl2F3N7O2/c2*1-6-20(45)43-10-9-42(13-16(43)5)30-17-11-19(33)28(21-23(35)22(34)25(37)26(39)24(21)36)41-31(17)44(32(46)18(30)12-38)29-15(4)7-8-40-27(29)14(2)3;1-6-20(45)43-10-9-42(13-16(43)5)30-17-11-19(33)28(21-22(34)24(36)25(37)26(39)23(21)35)41-31(17)44(32(46)18(30)12-38)29-15(4)7-8-40-27(29)14(2)3/h3*6-8,11,14,16H,1,9-10,13,39H2,2-5H3/t3*16-/m111/s1. The van der Waals surface area contributed by atoms with Crippen molar-refractivity contribution < 1.29 is 53.9 Å². The predicted octanol–water partition coefficient (Wildman–Crippen LogP) is 18.8. The van der Waals surface area contributed by atoms with E-state index in [4.69, 9.17) is 86.8 Å². The van der Waals surface area contributed by atoms with Crippen molar-refractivity contribution in [3.8, 4) is 69.0 Å². The maximum absolute atomic E-state index is 15.5. The zero-order valence-corrected chi connectivity index (χ0v) is 80.3. The molecular weight excluding hydrogens is 1930 g/mol. The molecule has 3 aliphatic rings. The second-order valence-corrected chi connectivity index (χ2v) is 36.1. The number of nitrogens with zero attached hydrogens (tertiary/aromatic N) is 18. The van der Waals surface area contributed by atoms with Crippen LogP contribution < -0.4 is 48.6 Å². The summed E-state index contributed by atoms with van der Waals surface area (Å²) in [5.74, 6) is -14.9. The molecule has 12 aromatic rings. The molecule has 3 aromatic carbocycles. The third-order valence-corrected chi connectivity index (χ3v) is 26.0. The summed E-state index contributed by atoms with van der Waals surface area (Å²) in [6.45, 7) is 34.7. The topological polar surface area (TPSA) is 363 Å². The second-order valence-electron chi connectivity index (χ2n) is 33.8. The van der Waals surface area contributed by atoms with Gasteiger partial charge in [0.2, 0.25) is 17.7 Å². The Kier molecular flexibility index (Phi) is 29.5. The lowest BCUT2D eigenvalue weighted by Crippen LogP contribution is -2.54. The highest BCUT2D eigenvalue weighted by molar-refractivity contribution is 6.38. The number of nitrogen functional groups attached to an aromatic ring is 3. The number of carbonyl (C=O) groups is 3. The summed E-state index contributed by atoms with van der Waals surface area (Å²) in [6, 6.07) is 14.2. The quantitative estimate of drug-likeness (QED) is 0.0282. The number of rotatable bonds is 15. The Morgan fingerprint density at radius 3 is 0.913 bits per heavy atom. The molecule has 0 radical (unpaired) electrons. The number of nitriles is 3. The van der Waals surface area contributed by atoms with Crippen molar-refractivity contribution in [2.45, 2.75) is 119 Å². The number of aromatic nitrogens is 9. The number of hydrogen-bond acceptors (Lipinski definition) is 21. The molecule has 27 nitrogen and oxygen atoms in total. The smallest absolute Gasteiger partial charge is 0.276 e. The molecule has 3 atom stereocenters. The molecule has 3 fully saturated rings. The molecule has 0 spiro atoms. The van der Waals surface area contributed by atoms with Gasteiger partial charge in [-0.05, 0) is 131 Å². The van der Waals surface area contributed by atoms with Gasteiger partial charge in [-0.1, -0.05) is 131 Å². The van der Waals surface area contributed by atoms with E-state index in [2.05, 4.69) is 49.6 Å². The van der Waals surface area contributed by atoms with E-state index in [9.17, 15) is 62.1 Å². The van der Waals surface area contributed by atoms with Gasteiger partial charge in [-0.15, -0.1) is 0 Å². The van der Waals surface area contributed by atoms with Crippen molar-refractivity contribution in [3.05, 3.63) is 257 Å². The van der Waals surface area contributed by atoms with Crippen molar-refractivity contribution >= 4 is 155 Å². The fourth-order valence-corrected chi connectivity index (χ4v) is 18.9. The van der Waals surface area contributed by atoms with Gasteiger partial charge in [0, 0.05) is 112 Å². The summed E-state index contributed by atoms with van der Waals surface area (Å²) in [7, 11) is 0. The van der Waals surface area contributed by atoms with Gasteiger partial charge >= 0.3 is 0 Å². The minimum Gasteiger partial charge on any atom is -0.394 e. The Bertz CT molecular complexity index is 6790. The van der Waals surface area contributed by atoms with Crippen molar-refractivity contribution in [2.24, 2.45) is 0 Å². The summed E-state index contributed by atoms with van der Waals surface area (Å²) in [4.78, 5) is 118. The number of anilines is 6. The molecule has 9 aromatic heterocycles. The number of nitrogens with two attached hydrogens (primary N) is 3. The number of benzene rings is 3. The van der Waals surface area contributed by atoms with Crippen LogP contribution in [0.25, 0.3) is 83.9 Å². The van der Waals surface area contributed by atoms with Crippen LogP contribution >= 0.6 is 69.6 Å². The first kappa shape index (κ1) is 102. The summed E-state index contributed by atoms with van der Waals surface area (Å²) < 4.78 is 139. The zero-order chi connectivity index (χ0) is 101. The van der Waals surface area contributed by atoms with Gasteiger partial charge in [-0.25, -0.2) is 54.5 Å². The third-order valence-electron chi connectivity index (χ3n) is 24.1. The van der Waals surface area contributed by atoms with Gasteiger partial charge in [-0.3, -0.25) is 57.4 Å². The van der Waals surface area contributed by atoms with Crippen LogP contribution in [0.5, 0.6) is 0 Å². The van der Waals surface area contributed by atoms with Gasteiger partial charge in [0.25, 0.3) is 16.7 Å². The molecule has 12 heterocycles. The highest BCUT2D eigenvalue weighted by atomic mass is 35.5. The normalized spacial score (nSPS) is 15.0. The number of halogens is 15. The number of carbonyl (C=O) groups excluding carboxylic acids is 3. The van der Waals surface area contributed by atoms with Crippen LogP contribution in [0.4, 0.5) is 73.6 Å². The lowest BCUT2D eigenvalue weighted by atomic mass is 10.0. The number of pyridine rings is 9. The average molecular weight is 2010 g/mol. The van der Waals surface area contributed by atoms with Crippen LogP contribution in [-0.4, -0.2) is 153 Å². The Morgan fingerprint density at radius 1 is 0.399 bits per heavy atom. The molecule has 714 valence electrons. The minimum absolute atomic E-state index is 0.0765. The number of hydrogen-bond donors (Lipinski definition) is 3. The molecule has 3 saturated heterocycles. The van der Waals surface area contributed by atoms with E-state index in [1.165, 1.54) is 50.1 Å². The molecule has 15 rings (SSSR count). The van der Waals surface area contributed by atoms with E-state index in [-0.39, 0.29) is 194 Å². The lowest BCUT2D eigenvalue weighted by Gasteiger charge is -2.41. The van der Waals surface area contributed by atoms with E-state index >= 15 is 22.0 Å². The van der Waals surface area contributed by atoms with E-state index in [1.54, 1.807) is 87.0 Å². The average Bonchev–Trinajstić information content (AvgIpc) is 0.726. The molecule has 0 aliphatic carbocycles. The van der Waals surface area contributed by atoms with Gasteiger partial charge in [0.15, 0.2) is 52.4 Å². The van der Waals surface area contributed by atoms with Gasteiger partial charge in [0.05, 0.1) is 105 Å². The molecule has 138 heavy (non-hydrogen) atoms. The first-order valence-electron chi connectivity index (χ1n) is 42.6. The molecule has 3 aliphatic heterocycles. The monoisotopic (exact) mass is 2010 g/mol. The summed E-state index contributed by atoms with van der Waals surface area (Å²) in [5.41, 5.74) is 11.2. The first-order valence-corrected chi connectivity index (χ1v) is 44.9. The van der Waals surface area contributed by atoms with Crippen molar-refractivity contribution in [2.75, 3.05) is 90.8 Å². The summed E-state index contributed by atoms with van der Waals surface area (Å²) in [6.07, 6.45) is 8.38. The molecule has 0 saturated carbocycles. The van der Waals surface area contributed by atoms with Crippen molar-refractivity contribution in [3.63, 3.8) is 0 Å². The van der Waals surface area contributed by atoms with E-state index in [0.717, 1.165) is 0 Å². The Hall–Kier alpha value is -13.8. The lowest BCUT2D eigenvalue weighted by molar-refractivity contribution is -0.129. The highest BCUT2D eigenvalue weighted by Gasteiger charge is 2.40. The number of piperazine rings is 3. The fourth-order valence-electron chi connectivity index (χ4n) is 17.5. The van der Waals surface area contributed by atoms with Gasteiger partial charge in [-0.2, -0.15) is 15.8 Å². The molecule has 6 N–H and O–H groups in total. The Morgan fingerprint density at radius 2 is 0.659 bits per heavy atom. The highest BCUT2D eigenvalue weighted by Crippen LogP contribution is 2.48. The van der Waals surface area contributed by atoms with Crippen LogP contribution in [0, 0.1) is 107 Å². The SMILES string of the molecule is C=CC(=O)N1CCN(c2c(C#N)c(=O)n(-c3c(C)ccnc3C(C)C)c3nc(-c4c(F)c(N)c(F)c(Cl)c4F)c(Cl)cc23)C[C@H]1C.C=CC(=O)N1CCN(c2c(C#N)c(=O)n(-c3c(C)ccnc3C(C)C)c3nc(-c4c(F)c(N)c(F)c(Cl)c4F)c(Cl)cc23)C[C@H]1C.C=CC(=O)N1CCN(c2c(C#N)c(=O)n(-c3c(C)ccnc3C(C)C)c3nc(-c4c(F)c(N)c(F)c(F)c4Cl)c(Cl)cc23)C[C@H]1C. The maximum Gasteiger partial charge on any atom is 0.276 e. The number of amides is 3. The summed E-state index contributed by atoms with van der Waals surface area (Å²) >= 11 is 37.8. The molecule has 0 unspecified atom stereocenters. The van der Waals surface area contributed by atoms with Crippen LogP contribution in [0.3, 0.4) is 0 Å². The largest absolute Gasteiger partial charge is 0.394 e. The maximum atomic E-state index is 15.5. The zero-order valence-electron chi connectivity index (χ0n) is 75.8. The van der Waals surface area contributed by atoms with Crippen LogP contribution in [-0.2, 0) is 14.4 Å². The van der Waals surface area contributed by atoms with E-state index in [0.29, 0.717) is 50.8 Å².